The molecule has 6 atom stereocenters. The maximum atomic E-state index is 15.2. The van der Waals surface area contributed by atoms with Gasteiger partial charge in [0.15, 0.2) is 33.0 Å². The molecule has 3 fully saturated rings. The molecule has 1 N–H and O–H groups in total. The van der Waals surface area contributed by atoms with Crippen LogP contribution in [-0.4, -0.2) is 70.8 Å². The fourth-order valence-corrected chi connectivity index (χ4v) is 8.24. The van der Waals surface area contributed by atoms with Crippen molar-refractivity contribution in [2.75, 3.05) is 26.2 Å². The standard InChI is InChI=1S/C30H21Cl2F5N2O9/c1-46-9-6-13(40)16(14(7-9)47-2)17-10-4-5-11-15(25(42)39(24(11)41)28(45)48-3)12(10)8-29(31)26(43)38(27(44)30(17,29)32)23-21(36)19(34)18(33)20(35)22(23)37/h4,6-7,11-12,15,17,40H,5,8H2,1-3H3/t11-,12+,15-,17+,29+,30-/m0/s1. The predicted molar refractivity (Wildman–Crippen MR) is 152 cm³/mol. The Morgan fingerprint density at radius 2 is 1.48 bits per heavy atom. The summed E-state index contributed by atoms with van der Waals surface area (Å²) < 4.78 is 88.2. The van der Waals surface area contributed by atoms with Crippen molar-refractivity contribution in [3.63, 3.8) is 0 Å². The minimum atomic E-state index is -2.91. The molecular formula is C30H21Cl2F5N2O9. The number of hydrogen-bond donors (Lipinski definition) is 1. The quantitative estimate of drug-likeness (QED) is 0.121. The summed E-state index contributed by atoms with van der Waals surface area (Å²) in [6.07, 6.45) is -0.980. The first-order chi connectivity index (χ1) is 22.5. The molecule has 0 unspecified atom stereocenters. The van der Waals surface area contributed by atoms with Gasteiger partial charge in [-0.1, -0.05) is 11.6 Å². The van der Waals surface area contributed by atoms with E-state index < -0.39 is 110 Å². The Bertz CT molecular complexity index is 1880. The first kappa shape index (κ1) is 33.5. The number of benzene rings is 2. The zero-order valence-electron chi connectivity index (χ0n) is 24.7. The molecule has 18 heteroatoms. The van der Waals surface area contributed by atoms with E-state index in [1.165, 1.54) is 19.3 Å². The number of nitrogens with zero attached hydrogens (tertiary/aromatic N) is 2. The summed E-state index contributed by atoms with van der Waals surface area (Å²) >= 11 is 14.1. The highest BCUT2D eigenvalue weighted by Crippen LogP contribution is 2.67. The van der Waals surface area contributed by atoms with Crippen LogP contribution in [0, 0.1) is 46.8 Å². The van der Waals surface area contributed by atoms with E-state index in [1.54, 1.807) is 0 Å². The lowest BCUT2D eigenvalue weighted by atomic mass is 9.56. The highest BCUT2D eigenvalue weighted by atomic mass is 35.5. The minimum absolute atomic E-state index is 0.0227. The number of methoxy groups -OCH3 is 3. The van der Waals surface area contributed by atoms with E-state index in [2.05, 4.69) is 4.74 Å². The molecule has 2 aromatic carbocycles. The molecule has 5 amide bonds. The summed E-state index contributed by atoms with van der Waals surface area (Å²) in [6.45, 7) is 0. The number of likely N-dealkylation sites (tertiary alicyclic amines) is 1. The molecule has 0 aromatic heterocycles. The van der Waals surface area contributed by atoms with Crippen molar-refractivity contribution in [1.82, 2.24) is 4.90 Å². The van der Waals surface area contributed by atoms with Crippen molar-refractivity contribution < 1.29 is 65.2 Å². The van der Waals surface area contributed by atoms with Gasteiger partial charge in [-0.05, 0) is 18.8 Å². The van der Waals surface area contributed by atoms with Gasteiger partial charge in [0, 0.05) is 23.6 Å². The molecule has 2 aromatic rings. The van der Waals surface area contributed by atoms with Crippen LogP contribution in [0.4, 0.5) is 32.4 Å². The summed E-state index contributed by atoms with van der Waals surface area (Å²) in [5, 5.41) is 11.3. The number of ether oxygens (including phenoxy) is 3. The summed E-state index contributed by atoms with van der Waals surface area (Å²) in [4.78, 5) is 62.0. The Balaban J connectivity index is 1.64. The average molecular weight is 719 g/mol. The molecule has 48 heavy (non-hydrogen) atoms. The molecule has 1 saturated carbocycles. The van der Waals surface area contributed by atoms with Crippen LogP contribution in [0.15, 0.2) is 23.8 Å². The Labute approximate surface area is 276 Å². The summed E-state index contributed by atoms with van der Waals surface area (Å²) in [5.41, 5.74) is -2.27. The fourth-order valence-electron chi connectivity index (χ4n) is 7.32. The maximum absolute atomic E-state index is 15.2. The number of alkyl halides is 2. The third kappa shape index (κ3) is 4.01. The largest absolute Gasteiger partial charge is 0.507 e. The van der Waals surface area contributed by atoms with Crippen LogP contribution < -0.4 is 14.4 Å². The molecule has 254 valence electrons. The summed E-state index contributed by atoms with van der Waals surface area (Å²) in [5.74, 6) is -24.8. The average Bonchev–Trinajstić information content (AvgIpc) is 3.40. The fraction of sp³-hybridized carbons (Fsp3) is 0.367. The molecular weight excluding hydrogens is 698 g/mol. The number of rotatable bonds is 4. The van der Waals surface area contributed by atoms with Crippen LogP contribution in [-0.2, 0) is 23.9 Å². The third-order valence-corrected chi connectivity index (χ3v) is 10.8. The van der Waals surface area contributed by atoms with Gasteiger partial charge in [0.05, 0.1) is 33.2 Å². The lowest BCUT2D eigenvalue weighted by Gasteiger charge is -2.50. The Morgan fingerprint density at radius 3 is 2.04 bits per heavy atom. The smallest absolute Gasteiger partial charge is 0.423 e. The number of carbonyl (C=O) groups is 5. The Hall–Kier alpha value is -4.44. The second-order valence-electron chi connectivity index (χ2n) is 11.4. The number of fused-ring (bicyclic) bond motifs is 4. The molecule has 11 nitrogen and oxygen atoms in total. The zero-order valence-corrected chi connectivity index (χ0v) is 26.2. The van der Waals surface area contributed by atoms with E-state index in [4.69, 9.17) is 32.7 Å². The SMILES string of the molecule is COC(=O)N1C(=O)[C@H]2[C@H](CC=C3[C@H]2C[C@@]2(Cl)C(=O)N(c4c(F)c(F)c(F)c(F)c4F)C(=O)[C@@]2(Cl)[C@H]3c2c(O)cc(OC)cc2OC)C1=O. The van der Waals surface area contributed by atoms with Gasteiger partial charge >= 0.3 is 6.09 Å². The summed E-state index contributed by atoms with van der Waals surface area (Å²) in [7, 11) is 3.32. The lowest BCUT2D eigenvalue weighted by molar-refractivity contribution is -0.138. The number of carbonyl (C=O) groups excluding carboxylic acids is 5. The van der Waals surface area contributed by atoms with Gasteiger partial charge in [-0.15, -0.1) is 23.2 Å². The van der Waals surface area contributed by atoms with Gasteiger partial charge in [-0.3, -0.25) is 19.2 Å². The highest BCUT2D eigenvalue weighted by molar-refractivity contribution is 6.58. The first-order valence-electron chi connectivity index (χ1n) is 13.9. The van der Waals surface area contributed by atoms with Gasteiger partial charge in [-0.25, -0.2) is 31.6 Å². The van der Waals surface area contributed by atoms with Gasteiger partial charge in [0.1, 0.15) is 22.9 Å². The van der Waals surface area contributed by atoms with Crippen molar-refractivity contribution in [2.45, 2.75) is 28.5 Å². The number of hydrogen-bond acceptors (Lipinski definition) is 9. The Morgan fingerprint density at radius 1 is 0.875 bits per heavy atom. The topological polar surface area (TPSA) is 140 Å². The molecule has 2 aliphatic carbocycles. The predicted octanol–water partition coefficient (Wildman–Crippen LogP) is 4.43. The second kappa shape index (κ2) is 11.1. The van der Waals surface area contributed by atoms with Crippen molar-refractivity contribution >= 4 is 58.6 Å². The molecule has 2 saturated heterocycles. The molecule has 6 rings (SSSR count). The number of aromatic hydroxyl groups is 1. The van der Waals surface area contributed by atoms with Gasteiger partial charge in [0.2, 0.25) is 17.6 Å². The number of amides is 5. The zero-order chi connectivity index (χ0) is 35.4. The van der Waals surface area contributed by atoms with E-state index in [0.29, 0.717) is 0 Å². The van der Waals surface area contributed by atoms with E-state index >= 15 is 8.78 Å². The molecule has 0 radical (unpaired) electrons. The van der Waals surface area contributed by atoms with E-state index in [-0.39, 0.29) is 38.9 Å². The van der Waals surface area contributed by atoms with Crippen molar-refractivity contribution in [1.29, 1.82) is 0 Å². The number of phenolic OH excluding ortho intramolecular Hbond substituents is 1. The van der Waals surface area contributed by atoms with Crippen LogP contribution in [0.2, 0.25) is 0 Å². The summed E-state index contributed by atoms with van der Waals surface area (Å²) in [6, 6.07) is 2.31. The van der Waals surface area contributed by atoms with E-state index in [9.17, 15) is 42.3 Å². The van der Waals surface area contributed by atoms with Crippen LogP contribution in [0.1, 0.15) is 24.3 Å². The number of anilines is 1. The minimum Gasteiger partial charge on any atom is -0.507 e. The lowest BCUT2D eigenvalue weighted by Crippen LogP contribution is -2.60. The molecule has 4 aliphatic rings. The van der Waals surface area contributed by atoms with Crippen molar-refractivity contribution in [3.8, 4) is 17.2 Å². The van der Waals surface area contributed by atoms with E-state index in [1.807, 2.05) is 0 Å². The monoisotopic (exact) mass is 718 g/mol. The van der Waals surface area contributed by atoms with Gasteiger partial charge < -0.3 is 19.3 Å². The first-order valence-corrected chi connectivity index (χ1v) is 14.7. The number of halogens is 7. The number of allylic oxidation sites excluding steroid dienone is 2. The van der Waals surface area contributed by atoms with Crippen LogP contribution in [0.5, 0.6) is 17.2 Å². The van der Waals surface area contributed by atoms with E-state index in [0.717, 1.165) is 20.3 Å². The maximum Gasteiger partial charge on any atom is 0.423 e. The Kier molecular flexibility index (Phi) is 7.70. The van der Waals surface area contributed by atoms with Crippen LogP contribution in [0.3, 0.4) is 0 Å². The van der Waals surface area contributed by atoms with Crippen LogP contribution >= 0.6 is 23.2 Å². The normalized spacial score (nSPS) is 29.4. The number of imide groups is 4. The molecule has 0 spiro atoms. The van der Waals surface area contributed by atoms with Crippen LogP contribution in [0.25, 0.3) is 0 Å². The number of phenols is 1. The molecule has 2 heterocycles. The highest BCUT2D eigenvalue weighted by Gasteiger charge is 2.77. The van der Waals surface area contributed by atoms with Crippen molar-refractivity contribution in [2.24, 2.45) is 17.8 Å². The van der Waals surface area contributed by atoms with Gasteiger partial charge in [-0.2, -0.15) is 4.90 Å². The molecule has 2 aliphatic heterocycles. The van der Waals surface area contributed by atoms with Crippen molar-refractivity contribution in [3.05, 3.63) is 58.4 Å². The molecule has 0 bridgehead atoms. The second-order valence-corrected chi connectivity index (χ2v) is 12.7. The third-order valence-electron chi connectivity index (χ3n) is 9.42. The van der Waals surface area contributed by atoms with Gasteiger partial charge in [0.25, 0.3) is 11.8 Å².